The lowest BCUT2D eigenvalue weighted by atomic mass is 10.1. The van der Waals surface area contributed by atoms with Crippen LogP contribution >= 0.6 is 0 Å². The molecule has 2 nitrogen and oxygen atoms in total. The molecule has 2 heteroatoms. The minimum atomic E-state index is 0.631. The molecule has 0 saturated heterocycles. The second-order valence-corrected chi connectivity index (χ2v) is 4.08. The fourth-order valence-corrected chi connectivity index (χ4v) is 1.57. The number of hydrogen-bond acceptors (Lipinski definition) is 2. The monoisotopic (exact) mass is 252 g/mol. The zero-order chi connectivity index (χ0) is 14.1. The van der Waals surface area contributed by atoms with E-state index in [1.54, 1.807) is 0 Å². The van der Waals surface area contributed by atoms with Crippen molar-refractivity contribution in [2.45, 2.75) is 20.8 Å². The fraction of sp³-hybridized carbons (Fsp3) is 0.176. The number of azo groups is 1. The minimum Gasteiger partial charge on any atom is -0.151 e. The molecule has 0 heterocycles. The highest BCUT2D eigenvalue weighted by molar-refractivity contribution is 5.66. The number of nitrogens with zero attached hydrogens (tertiary/aromatic N) is 2. The molecule has 0 unspecified atom stereocenters. The zero-order valence-corrected chi connectivity index (χ0v) is 11.8. The summed E-state index contributed by atoms with van der Waals surface area (Å²) >= 11 is 0. The SMILES string of the molecule is C=C(/C=C\C=C/C)N=Nc1cccc(C)c1/C=C\C. The lowest BCUT2D eigenvalue weighted by Gasteiger charge is -2.03. The summed E-state index contributed by atoms with van der Waals surface area (Å²) in [6, 6.07) is 6.00. The molecule has 0 bridgehead atoms. The van der Waals surface area contributed by atoms with Crippen LogP contribution in [0, 0.1) is 6.92 Å². The quantitative estimate of drug-likeness (QED) is 0.470. The lowest BCUT2D eigenvalue weighted by molar-refractivity contribution is 1.17. The lowest BCUT2D eigenvalue weighted by Crippen LogP contribution is -1.80. The molecule has 0 radical (unpaired) electrons. The van der Waals surface area contributed by atoms with Gasteiger partial charge in [-0.05, 0) is 38.5 Å². The van der Waals surface area contributed by atoms with Gasteiger partial charge in [0, 0.05) is 5.56 Å². The van der Waals surface area contributed by atoms with Crippen LogP contribution in [-0.2, 0) is 0 Å². The molecule has 0 atom stereocenters. The van der Waals surface area contributed by atoms with Gasteiger partial charge in [0.25, 0.3) is 0 Å². The van der Waals surface area contributed by atoms with Gasteiger partial charge in [0.05, 0.1) is 11.4 Å². The molecule has 0 aromatic heterocycles. The molecule has 0 amide bonds. The Balaban J connectivity index is 2.93. The number of aryl methyl sites for hydroxylation is 1. The van der Waals surface area contributed by atoms with Gasteiger partial charge in [-0.2, -0.15) is 5.11 Å². The number of rotatable bonds is 5. The molecule has 0 fully saturated rings. The molecule has 0 N–H and O–H groups in total. The molecule has 19 heavy (non-hydrogen) atoms. The number of allylic oxidation sites excluding steroid dienone is 5. The second kappa shape index (κ2) is 7.98. The Labute approximate surface area is 115 Å². The third-order valence-corrected chi connectivity index (χ3v) is 2.51. The first-order valence-corrected chi connectivity index (χ1v) is 6.31. The summed E-state index contributed by atoms with van der Waals surface area (Å²) in [4.78, 5) is 0. The van der Waals surface area contributed by atoms with Gasteiger partial charge in [0.15, 0.2) is 0 Å². The van der Waals surface area contributed by atoms with Crippen molar-refractivity contribution in [1.82, 2.24) is 0 Å². The predicted molar refractivity (Wildman–Crippen MR) is 83.5 cm³/mol. The van der Waals surface area contributed by atoms with Gasteiger partial charge < -0.3 is 0 Å². The Bertz CT molecular complexity index is 546. The molecule has 98 valence electrons. The highest BCUT2D eigenvalue weighted by atomic mass is 15.1. The van der Waals surface area contributed by atoms with Crippen LogP contribution in [0.4, 0.5) is 5.69 Å². The molecular formula is C17H20N2. The largest absolute Gasteiger partial charge is 0.151 e. The summed E-state index contributed by atoms with van der Waals surface area (Å²) in [6.45, 7) is 9.86. The third-order valence-electron chi connectivity index (χ3n) is 2.51. The van der Waals surface area contributed by atoms with E-state index in [2.05, 4.69) is 29.8 Å². The van der Waals surface area contributed by atoms with E-state index < -0.39 is 0 Å². The van der Waals surface area contributed by atoms with E-state index in [-0.39, 0.29) is 0 Å². The summed E-state index contributed by atoms with van der Waals surface area (Å²) < 4.78 is 0. The fourth-order valence-electron chi connectivity index (χ4n) is 1.57. The zero-order valence-electron chi connectivity index (χ0n) is 11.8. The van der Waals surface area contributed by atoms with Gasteiger partial charge in [-0.3, -0.25) is 0 Å². The van der Waals surface area contributed by atoms with E-state index in [9.17, 15) is 0 Å². The molecule has 0 aliphatic carbocycles. The summed E-state index contributed by atoms with van der Waals surface area (Å²) in [6.07, 6.45) is 11.6. The Morgan fingerprint density at radius 2 is 1.95 bits per heavy atom. The predicted octanol–water partition coefficient (Wildman–Crippen LogP) is 5.76. The first-order valence-electron chi connectivity index (χ1n) is 6.31. The average molecular weight is 252 g/mol. The van der Waals surface area contributed by atoms with Crippen molar-refractivity contribution in [3.8, 4) is 0 Å². The van der Waals surface area contributed by atoms with E-state index in [4.69, 9.17) is 0 Å². The van der Waals surface area contributed by atoms with E-state index >= 15 is 0 Å². The van der Waals surface area contributed by atoms with E-state index in [0.29, 0.717) is 5.70 Å². The van der Waals surface area contributed by atoms with Crippen molar-refractivity contribution in [3.63, 3.8) is 0 Å². The van der Waals surface area contributed by atoms with Gasteiger partial charge in [0.2, 0.25) is 0 Å². The summed E-state index contributed by atoms with van der Waals surface area (Å²) in [5, 5.41) is 8.39. The first-order chi connectivity index (χ1) is 9.19. The Kier molecular flexibility index (Phi) is 6.23. The number of hydrogen-bond donors (Lipinski definition) is 0. The summed E-state index contributed by atoms with van der Waals surface area (Å²) in [5.41, 5.74) is 3.77. The Hall–Kier alpha value is -2.22. The van der Waals surface area contributed by atoms with Gasteiger partial charge >= 0.3 is 0 Å². The molecular weight excluding hydrogens is 232 g/mol. The molecule has 0 spiro atoms. The van der Waals surface area contributed by atoms with Crippen LogP contribution in [0.5, 0.6) is 0 Å². The molecule has 0 saturated carbocycles. The molecule has 1 aromatic rings. The van der Waals surface area contributed by atoms with Crippen LogP contribution in [0.15, 0.2) is 71.1 Å². The van der Waals surface area contributed by atoms with Gasteiger partial charge in [-0.1, -0.05) is 49.1 Å². The second-order valence-electron chi connectivity index (χ2n) is 4.08. The Morgan fingerprint density at radius 1 is 1.16 bits per heavy atom. The molecule has 0 aliphatic rings. The molecule has 1 rings (SSSR count). The van der Waals surface area contributed by atoms with Crippen molar-refractivity contribution in [2.75, 3.05) is 0 Å². The maximum atomic E-state index is 4.26. The normalized spacial score (nSPS) is 12.4. The van der Waals surface area contributed by atoms with Crippen LogP contribution in [0.3, 0.4) is 0 Å². The highest BCUT2D eigenvalue weighted by Crippen LogP contribution is 2.24. The first kappa shape index (κ1) is 14.8. The van der Waals surface area contributed by atoms with Crippen LogP contribution in [0.25, 0.3) is 6.08 Å². The van der Waals surface area contributed by atoms with Crippen molar-refractivity contribution < 1.29 is 0 Å². The van der Waals surface area contributed by atoms with Crippen LogP contribution in [-0.4, -0.2) is 0 Å². The minimum absolute atomic E-state index is 0.631. The topological polar surface area (TPSA) is 24.7 Å². The average Bonchev–Trinajstić information content (AvgIpc) is 2.40. The summed E-state index contributed by atoms with van der Waals surface area (Å²) in [5.74, 6) is 0. The van der Waals surface area contributed by atoms with Crippen molar-refractivity contribution in [1.29, 1.82) is 0 Å². The van der Waals surface area contributed by atoms with E-state index in [1.807, 2.05) is 62.4 Å². The van der Waals surface area contributed by atoms with Crippen LogP contribution in [0.2, 0.25) is 0 Å². The van der Waals surface area contributed by atoms with Crippen LogP contribution in [0.1, 0.15) is 25.0 Å². The smallest absolute Gasteiger partial charge is 0.0931 e. The maximum Gasteiger partial charge on any atom is 0.0931 e. The Morgan fingerprint density at radius 3 is 2.63 bits per heavy atom. The molecule has 1 aromatic carbocycles. The maximum absolute atomic E-state index is 4.26. The van der Waals surface area contributed by atoms with Crippen LogP contribution < -0.4 is 0 Å². The molecule has 0 aliphatic heterocycles. The van der Waals surface area contributed by atoms with Gasteiger partial charge in [-0.25, -0.2) is 0 Å². The number of benzene rings is 1. The van der Waals surface area contributed by atoms with Gasteiger partial charge in [0.1, 0.15) is 0 Å². The highest BCUT2D eigenvalue weighted by Gasteiger charge is 2.00. The van der Waals surface area contributed by atoms with Gasteiger partial charge in [-0.15, -0.1) is 5.11 Å². The third kappa shape index (κ3) is 4.88. The van der Waals surface area contributed by atoms with Crippen molar-refractivity contribution in [3.05, 3.63) is 72.0 Å². The van der Waals surface area contributed by atoms with E-state index in [0.717, 1.165) is 11.3 Å². The van der Waals surface area contributed by atoms with Crippen molar-refractivity contribution >= 4 is 11.8 Å². The van der Waals surface area contributed by atoms with E-state index in [1.165, 1.54) is 5.56 Å². The summed E-state index contributed by atoms with van der Waals surface area (Å²) in [7, 11) is 0. The van der Waals surface area contributed by atoms with Crippen molar-refractivity contribution in [2.24, 2.45) is 10.2 Å². The standard InChI is InChI=1S/C17H20N2/c1-5-7-8-12-15(4)18-19-17-13-9-11-14(3)16(17)10-6-2/h5-13H,4H2,1-3H3/b7-5-,10-6-,12-8-,19-18?.